The van der Waals surface area contributed by atoms with Crippen LogP contribution in [0.2, 0.25) is 0 Å². The fourth-order valence-corrected chi connectivity index (χ4v) is 1.40. The van der Waals surface area contributed by atoms with Crippen molar-refractivity contribution in [3.05, 3.63) is 24.4 Å². The van der Waals surface area contributed by atoms with E-state index in [9.17, 15) is 4.79 Å². The van der Waals surface area contributed by atoms with Gasteiger partial charge < -0.3 is 10.1 Å². The Labute approximate surface area is 102 Å². The van der Waals surface area contributed by atoms with Gasteiger partial charge in [0.25, 0.3) is 0 Å². The maximum Gasteiger partial charge on any atom is 0.325 e. The van der Waals surface area contributed by atoms with Crippen LogP contribution in [0.3, 0.4) is 0 Å². The summed E-state index contributed by atoms with van der Waals surface area (Å²) in [7, 11) is 0. The van der Waals surface area contributed by atoms with Crippen molar-refractivity contribution in [2.45, 2.75) is 32.6 Å². The molecule has 0 aliphatic rings. The standard InChI is InChI=1S/C13H20N2O2/c1-2-3-4-7-10-17-13(16)11-15-12-8-5-6-9-14-12/h5-6,8-9H,2-4,7,10-11H2,1H3,(H,14,15). The molecule has 4 nitrogen and oxygen atoms in total. The Morgan fingerprint density at radius 1 is 1.35 bits per heavy atom. The highest BCUT2D eigenvalue weighted by atomic mass is 16.5. The van der Waals surface area contributed by atoms with Crippen molar-refractivity contribution in [3.63, 3.8) is 0 Å². The molecule has 94 valence electrons. The van der Waals surface area contributed by atoms with Crippen molar-refractivity contribution in [2.75, 3.05) is 18.5 Å². The van der Waals surface area contributed by atoms with Crippen LogP contribution in [0.1, 0.15) is 32.6 Å². The highest BCUT2D eigenvalue weighted by molar-refractivity contribution is 5.74. The molecule has 0 atom stereocenters. The van der Waals surface area contributed by atoms with Gasteiger partial charge in [0.15, 0.2) is 0 Å². The van der Waals surface area contributed by atoms with Gasteiger partial charge in [-0.15, -0.1) is 0 Å². The number of anilines is 1. The van der Waals surface area contributed by atoms with Gasteiger partial charge in [-0.1, -0.05) is 32.3 Å². The number of hydrogen-bond acceptors (Lipinski definition) is 4. The normalized spacial score (nSPS) is 9.94. The van der Waals surface area contributed by atoms with Crippen molar-refractivity contribution < 1.29 is 9.53 Å². The average Bonchev–Trinajstić information content (AvgIpc) is 2.37. The van der Waals surface area contributed by atoms with E-state index in [1.165, 1.54) is 12.8 Å². The Hall–Kier alpha value is -1.58. The smallest absolute Gasteiger partial charge is 0.325 e. The van der Waals surface area contributed by atoms with Gasteiger partial charge in [-0.25, -0.2) is 4.98 Å². The van der Waals surface area contributed by atoms with Crippen LogP contribution in [0.25, 0.3) is 0 Å². The zero-order chi connectivity index (χ0) is 12.3. The van der Waals surface area contributed by atoms with E-state index in [4.69, 9.17) is 4.74 Å². The van der Waals surface area contributed by atoms with Gasteiger partial charge in [-0.3, -0.25) is 4.79 Å². The third-order valence-electron chi connectivity index (χ3n) is 2.34. The first kappa shape index (κ1) is 13.5. The molecule has 0 aliphatic heterocycles. The summed E-state index contributed by atoms with van der Waals surface area (Å²) in [6.45, 7) is 2.84. The summed E-state index contributed by atoms with van der Waals surface area (Å²) in [5, 5.41) is 2.91. The third kappa shape index (κ3) is 6.56. The van der Waals surface area contributed by atoms with Crippen LogP contribution in [0.15, 0.2) is 24.4 Å². The number of esters is 1. The number of ether oxygens (including phenoxy) is 1. The van der Waals surface area contributed by atoms with Gasteiger partial charge >= 0.3 is 5.97 Å². The fourth-order valence-electron chi connectivity index (χ4n) is 1.40. The molecule has 0 unspecified atom stereocenters. The van der Waals surface area contributed by atoms with Gasteiger partial charge in [0.05, 0.1) is 6.61 Å². The lowest BCUT2D eigenvalue weighted by molar-refractivity contribution is -0.141. The van der Waals surface area contributed by atoms with Gasteiger partial charge in [-0.2, -0.15) is 0 Å². The molecule has 0 fully saturated rings. The topological polar surface area (TPSA) is 51.2 Å². The maximum absolute atomic E-state index is 11.3. The molecule has 0 bridgehead atoms. The molecular formula is C13H20N2O2. The van der Waals surface area contributed by atoms with Crippen molar-refractivity contribution in [1.29, 1.82) is 0 Å². The first-order valence-electron chi connectivity index (χ1n) is 6.13. The summed E-state index contributed by atoms with van der Waals surface area (Å²) in [6, 6.07) is 5.51. The molecule has 0 aromatic carbocycles. The Morgan fingerprint density at radius 2 is 2.24 bits per heavy atom. The minimum atomic E-state index is -0.229. The number of nitrogens with zero attached hydrogens (tertiary/aromatic N) is 1. The van der Waals surface area contributed by atoms with Gasteiger partial charge in [0, 0.05) is 6.20 Å². The third-order valence-corrected chi connectivity index (χ3v) is 2.34. The molecule has 1 heterocycles. The molecule has 4 heteroatoms. The summed E-state index contributed by atoms with van der Waals surface area (Å²) < 4.78 is 5.08. The van der Waals surface area contributed by atoms with E-state index < -0.39 is 0 Å². The summed E-state index contributed by atoms with van der Waals surface area (Å²) in [5.74, 6) is 0.461. The number of rotatable bonds is 8. The summed E-state index contributed by atoms with van der Waals surface area (Å²) in [6.07, 6.45) is 6.14. The molecule has 1 aromatic rings. The second-order valence-corrected chi connectivity index (χ2v) is 3.85. The Balaban J connectivity index is 2.05. The van der Waals surface area contributed by atoms with Crippen LogP contribution >= 0.6 is 0 Å². The van der Waals surface area contributed by atoms with Crippen LogP contribution in [0.4, 0.5) is 5.82 Å². The molecule has 1 N–H and O–H groups in total. The van der Waals surface area contributed by atoms with Gasteiger partial charge in [0.1, 0.15) is 12.4 Å². The Kier molecular flexibility index (Phi) is 6.79. The maximum atomic E-state index is 11.3. The average molecular weight is 236 g/mol. The van der Waals surface area contributed by atoms with Crippen LogP contribution < -0.4 is 5.32 Å². The number of carbonyl (C=O) groups excluding carboxylic acids is 1. The summed E-state index contributed by atoms with van der Waals surface area (Å²) in [5.41, 5.74) is 0. The highest BCUT2D eigenvalue weighted by Gasteiger charge is 2.02. The lowest BCUT2D eigenvalue weighted by Crippen LogP contribution is -2.17. The number of hydrogen-bond donors (Lipinski definition) is 1. The van der Waals surface area contributed by atoms with E-state index in [1.54, 1.807) is 6.20 Å². The number of aromatic nitrogens is 1. The number of carbonyl (C=O) groups is 1. The molecule has 0 saturated carbocycles. The van der Waals surface area contributed by atoms with E-state index >= 15 is 0 Å². The number of unbranched alkanes of at least 4 members (excludes halogenated alkanes) is 3. The van der Waals surface area contributed by atoms with Crippen molar-refractivity contribution in [1.82, 2.24) is 4.98 Å². The largest absolute Gasteiger partial charge is 0.464 e. The van der Waals surface area contributed by atoms with Crippen LogP contribution in [-0.4, -0.2) is 24.1 Å². The van der Waals surface area contributed by atoms with Crippen molar-refractivity contribution >= 4 is 11.8 Å². The molecule has 1 aromatic heterocycles. The van der Waals surface area contributed by atoms with E-state index in [0.717, 1.165) is 12.8 Å². The minimum absolute atomic E-state index is 0.171. The highest BCUT2D eigenvalue weighted by Crippen LogP contribution is 2.00. The lowest BCUT2D eigenvalue weighted by atomic mass is 10.2. The summed E-state index contributed by atoms with van der Waals surface area (Å²) >= 11 is 0. The zero-order valence-corrected chi connectivity index (χ0v) is 10.3. The van der Waals surface area contributed by atoms with E-state index in [-0.39, 0.29) is 12.5 Å². The predicted octanol–water partition coefficient (Wildman–Crippen LogP) is 2.62. The van der Waals surface area contributed by atoms with Crippen LogP contribution in [0.5, 0.6) is 0 Å². The van der Waals surface area contributed by atoms with E-state index in [1.807, 2.05) is 18.2 Å². The van der Waals surface area contributed by atoms with Crippen molar-refractivity contribution in [3.8, 4) is 0 Å². The van der Waals surface area contributed by atoms with Crippen LogP contribution in [0, 0.1) is 0 Å². The molecule has 0 saturated heterocycles. The second-order valence-electron chi connectivity index (χ2n) is 3.85. The molecule has 0 spiro atoms. The molecular weight excluding hydrogens is 216 g/mol. The van der Waals surface area contributed by atoms with Crippen molar-refractivity contribution in [2.24, 2.45) is 0 Å². The molecule has 0 radical (unpaired) electrons. The lowest BCUT2D eigenvalue weighted by Gasteiger charge is -2.06. The predicted molar refractivity (Wildman–Crippen MR) is 67.8 cm³/mol. The quantitative estimate of drug-likeness (QED) is 0.557. The minimum Gasteiger partial charge on any atom is -0.464 e. The monoisotopic (exact) mass is 236 g/mol. The first-order valence-corrected chi connectivity index (χ1v) is 6.13. The Bertz CT molecular complexity index is 314. The molecule has 0 amide bonds. The SMILES string of the molecule is CCCCCCOC(=O)CNc1ccccn1. The molecule has 1 rings (SSSR count). The molecule has 0 aliphatic carbocycles. The van der Waals surface area contributed by atoms with Gasteiger partial charge in [-0.05, 0) is 18.6 Å². The number of nitrogens with one attached hydrogen (secondary N) is 1. The second kappa shape index (κ2) is 8.56. The van der Waals surface area contributed by atoms with E-state index in [0.29, 0.717) is 12.4 Å². The zero-order valence-electron chi connectivity index (χ0n) is 10.3. The number of pyridine rings is 1. The first-order chi connectivity index (χ1) is 8.33. The van der Waals surface area contributed by atoms with E-state index in [2.05, 4.69) is 17.2 Å². The van der Waals surface area contributed by atoms with Gasteiger partial charge in [0.2, 0.25) is 0 Å². The fraction of sp³-hybridized carbons (Fsp3) is 0.538. The molecule has 17 heavy (non-hydrogen) atoms. The Morgan fingerprint density at radius 3 is 2.94 bits per heavy atom. The summed E-state index contributed by atoms with van der Waals surface area (Å²) in [4.78, 5) is 15.4. The van der Waals surface area contributed by atoms with Crippen LogP contribution in [-0.2, 0) is 9.53 Å².